The summed E-state index contributed by atoms with van der Waals surface area (Å²) in [5, 5.41) is 5.11. The smallest absolute Gasteiger partial charge is 0.408 e. The Morgan fingerprint density at radius 1 is 1.27 bits per heavy atom. The van der Waals surface area contributed by atoms with Crippen LogP contribution in [0.2, 0.25) is 0 Å². The fraction of sp³-hybridized carbons (Fsp3) is 0.529. The predicted molar refractivity (Wildman–Crippen MR) is 82.4 cm³/mol. The highest BCUT2D eigenvalue weighted by atomic mass is 16.5. The Kier molecular flexibility index (Phi) is 4.61. The van der Waals surface area contributed by atoms with E-state index in [1.54, 1.807) is 0 Å². The minimum absolute atomic E-state index is 0.156. The fourth-order valence-electron chi connectivity index (χ4n) is 3.11. The molecule has 2 fully saturated rings. The zero-order chi connectivity index (χ0) is 15.4. The van der Waals surface area contributed by atoms with Crippen molar-refractivity contribution in [3.8, 4) is 0 Å². The summed E-state index contributed by atoms with van der Waals surface area (Å²) in [5.74, 6) is 0.484. The summed E-state index contributed by atoms with van der Waals surface area (Å²) in [6.45, 7) is 0.714. The Morgan fingerprint density at radius 2 is 2.09 bits per heavy atom. The van der Waals surface area contributed by atoms with E-state index in [4.69, 9.17) is 4.74 Å². The van der Waals surface area contributed by atoms with Crippen LogP contribution in [0.15, 0.2) is 24.3 Å². The molecule has 2 N–H and O–H groups in total. The predicted octanol–water partition coefficient (Wildman–Crippen LogP) is 2.46. The summed E-state index contributed by atoms with van der Waals surface area (Å²) < 4.78 is 5.20. The van der Waals surface area contributed by atoms with Gasteiger partial charge in [-0.15, -0.1) is 0 Å². The van der Waals surface area contributed by atoms with E-state index in [0.29, 0.717) is 12.5 Å². The largest absolute Gasteiger partial charge is 0.445 e. The van der Waals surface area contributed by atoms with Gasteiger partial charge >= 0.3 is 6.09 Å². The highest BCUT2D eigenvalue weighted by Crippen LogP contribution is 2.32. The van der Waals surface area contributed by atoms with Crippen LogP contribution in [0.1, 0.15) is 49.1 Å². The number of rotatable bonds is 4. The monoisotopic (exact) mass is 302 g/mol. The van der Waals surface area contributed by atoms with Crippen molar-refractivity contribution < 1.29 is 14.3 Å². The van der Waals surface area contributed by atoms with Gasteiger partial charge in [0.2, 0.25) is 5.91 Å². The first-order chi connectivity index (χ1) is 10.7. The van der Waals surface area contributed by atoms with Crippen molar-refractivity contribution in [2.45, 2.75) is 50.7 Å². The molecule has 3 rings (SSSR count). The van der Waals surface area contributed by atoms with Crippen LogP contribution in [0, 0.1) is 0 Å². The third kappa shape index (κ3) is 3.59. The standard InChI is InChI=1S/C17H22N2O3/c20-16-15(10-18-16)19-17(21)22-11-12-5-4-8-14(9-12)13-6-2-1-3-7-13/h4-5,8-9,13,15H,1-3,6-7,10-11H2,(H,18,20)(H,19,21)/t15-/m0/s1. The van der Waals surface area contributed by atoms with Gasteiger partial charge in [-0.05, 0) is 29.9 Å². The number of carbonyl (C=O) groups is 2. The summed E-state index contributed by atoms with van der Waals surface area (Å²) in [5.41, 5.74) is 2.34. The highest BCUT2D eigenvalue weighted by molar-refractivity contribution is 5.90. The van der Waals surface area contributed by atoms with Crippen LogP contribution in [0.3, 0.4) is 0 Å². The lowest BCUT2D eigenvalue weighted by Gasteiger charge is -2.26. The minimum Gasteiger partial charge on any atom is -0.445 e. The third-order valence-corrected chi connectivity index (χ3v) is 4.49. The van der Waals surface area contributed by atoms with Crippen LogP contribution in [-0.2, 0) is 16.1 Å². The van der Waals surface area contributed by atoms with Gasteiger partial charge in [-0.3, -0.25) is 4.79 Å². The summed E-state index contributed by atoms with van der Waals surface area (Å²) >= 11 is 0. The molecule has 22 heavy (non-hydrogen) atoms. The second-order valence-corrected chi connectivity index (χ2v) is 6.10. The maximum Gasteiger partial charge on any atom is 0.408 e. The van der Waals surface area contributed by atoms with Gasteiger partial charge in [0, 0.05) is 6.54 Å². The summed E-state index contributed by atoms with van der Waals surface area (Å²) in [6.07, 6.45) is 5.91. The Bertz CT molecular complexity index is 553. The molecule has 0 unspecified atom stereocenters. The molecule has 0 spiro atoms. The topological polar surface area (TPSA) is 67.4 Å². The molecule has 5 nitrogen and oxygen atoms in total. The molecule has 1 aromatic carbocycles. The summed E-state index contributed by atoms with van der Waals surface area (Å²) in [4.78, 5) is 22.7. The fourth-order valence-corrected chi connectivity index (χ4v) is 3.11. The zero-order valence-corrected chi connectivity index (χ0v) is 12.6. The number of β-lactam (4-membered cyclic amide) rings is 1. The molecule has 5 heteroatoms. The normalized spacial score (nSPS) is 21.6. The van der Waals surface area contributed by atoms with Gasteiger partial charge in [0.25, 0.3) is 0 Å². The van der Waals surface area contributed by atoms with Gasteiger partial charge in [-0.1, -0.05) is 43.5 Å². The van der Waals surface area contributed by atoms with E-state index in [1.165, 1.54) is 37.7 Å². The van der Waals surface area contributed by atoms with Gasteiger partial charge in [0.05, 0.1) is 0 Å². The van der Waals surface area contributed by atoms with E-state index in [2.05, 4.69) is 22.8 Å². The third-order valence-electron chi connectivity index (χ3n) is 4.49. The number of alkyl carbamates (subject to hydrolysis) is 1. The molecule has 1 saturated carbocycles. The van der Waals surface area contributed by atoms with Crippen molar-refractivity contribution in [3.05, 3.63) is 35.4 Å². The molecule has 1 aliphatic heterocycles. The van der Waals surface area contributed by atoms with E-state index in [0.717, 1.165) is 5.56 Å². The lowest BCUT2D eigenvalue weighted by atomic mass is 9.84. The van der Waals surface area contributed by atoms with Crippen molar-refractivity contribution in [1.29, 1.82) is 0 Å². The molecular weight excluding hydrogens is 280 g/mol. The molecule has 1 saturated heterocycles. The van der Waals surface area contributed by atoms with Crippen LogP contribution < -0.4 is 10.6 Å². The number of carbonyl (C=O) groups excluding carboxylic acids is 2. The quantitative estimate of drug-likeness (QED) is 0.840. The van der Waals surface area contributed by atoms with Crippen molar-refractivity contribution in [3.63, 3.8) is 0 Å². The lowest BCUT2D eigenvalue weighted by molar-refractivity contribution is -0.128. The van der Waals surface area contributed by atoms with Crippen molar-refractivity contribution in [1.82, 2.24) is 10.6 Å². The van der Waals surface area contributed by atoms with E-state index < -0.39 is 12.1 Å². The van der Waals surface area contributed by atoms with Crippen LogP contribution >= 0.6 is 0 Å². The molecule has 1 aliphatic carbocycles. The van der Waals surface area contributed by atoms with Crippen LogP contribution in [0.4, 0.5) is 4.79 Å². The second-order valence-electron chi connectivity index (χ2n) is 6.10. The van der Waals surface area contributed by atoms with E-state index in [1.807, 2.05) is 12.1 Å². The van der Waals surface area contributed by atoms with Gasteiger partial charge in [0.15, 0.2) is 0 Å². The Balaban J connectivity index is 1.51. The first-order valence-electron chi connectivity index (χ1n) is 8.02. The van der Waals surface area contributed by atoms with Crippen LogP contribution in [0.5, 0.6) is 0 Å². The van der Waals surface area contributed by atoms with E-state index in [-0.39, 0.29) is 12.5 Å². The molecule has 2 aliphatic rings. The van der Waals surface area contributed by atoms with Crippen LogP contribution in [0.25, 0.3) is 0 Å². The number of amides is 2. The minimum atomic E-state index is -0.539. The molecule has 0 bridgehead atoms. The molecule has 2 amide bonds. The Morgan fingerprint density at radius 3 is 2.77 bits per heavy atom. The molecule has 0 radical (unpaired) electrons. The number of ether oxygens (including phenoxy) is 1. The lowest BCUT2D eigenvalue weighted by Crippen LogP contribution is -2.61. The van der Waals surface area contributed by atoms with Crippen molar-refractivity contribution >= 4 is 12.0 Å². The Hall–Kier alpha value is -2.04. The molecule has 1 heterocycles. The Labute approximate surface area is 130 Å². The second kappa shape index (κ2) is 6.81. The number of benzene rings is 1. The first-order valence-corrected chi connectivity index (χ1v) is 8.02. The van der Waals surface area contributed by atoms with Gasteiger partial charge < -0.3 is 15.4 Å². The average Bonchev–Trinajstić information content (AvgIpc) is 2.57. The number of hydrogen-bond donors (Lipinski definition) is 2. The van der Waals surface area contributed by atoms with E-state index >= 15 is 0 Å². The number of hydrogen-bond acceptors (Lipinski definition) is 3. The maximum atomic E-state index is 11.6. The van der Waals surface area contributed by atoms with Crippen LogP contribution in [-0.4, -0.2) is 24.6 Å². The summed E-state index contributed by atoms with van der Waals surface area (Å²) in [7, 11) is 0. The molecule has 0 aromatic heterocycles. The molecule has 118 valence electrons. The molecule has 1 aromatic rings. The van der Waals surface area contributed by atoms with Gasteiger partial charge in [-0.2, -0.15) is 0 Å². The molecule has 1 atom stereocenters. The summed E-state index contributed by atoms with van der Waals surface area (Å²) in [6, 6.07) is 7.86. The molecular formula is C17H22N2O3. The van der Waals surface area contributed by atoms with Crippen molar-refractivity contribution in [2.75, 3.05) is 6.54 Å². The van der Waals surface area contributed by atoms with E-state index in [9.17, 15) is 9.59 Å². The SMILES string of the molecule is O=C(N[C@H]1CNC1=O)OCc1cccc(C2CCCCC2)c1. The van der Waals surface area contributed by atoms with Gasteiger partial charge in [-0.25, -0.2) is 4.79 Å². The number of nitrogens with one attached hydrogen (secondary N) is 2. The maximum absolute atomic E-state index is 11.6. The first kappa shape index (κ1) is 14.9. The average molecular weight is 302 g/mol. The van der Waals surface area contributed by atoms with Gasteiger partial charge in [0.1, 0.15) is 12.6 Å². The zero-order valence-electron chi connectivity index (χ0n) is 12.6. The highest BCUT2D eigenvalue weighted by Gasteiger charge is 2.29. The van der Waals surface area contributed by atoms with Crippen molar-refractivity contribution in [2.24, 2.45) is 0 Å².